The SMILES string of the molecule is COc1cc(Br)c(S(=O)(=O)NC2CCC(c3ccccc3)CC2)cc1OC. The van der Waals surface area contributed by atoms with Gasteiger partial charge < -0.3 is 9.47 Å². The molecule has 0 radical (unpaired) electrons. The molecule has 3 rings (SSSR count). The highest BCUT2D eigenvalue weighted by molar-refractivity contribution is 9.10. The summed E-state index contributed by atoms with van der Waals surface area (Å²) in [5.41, 5.74) is 1.33. The van der Waals surface area contributed by atoms with Crippen LogP contribution in [0.3, 0.4) is 0 Å². The van der Waals surface area contributed by atoms with Crippen LogP contribution in [0.2, 0.25) is 0 Å². The van der Waals surface area contributed by atoms with E-state index in [2.05, 4.69) is 44.9 Å². The summed E-state index contributed by atoms with van der Waals surface area (Å²) in [6, 6.07) is 13.5. The molecule has 1 aliphatic rings. The molecule has 7 heteroatoms. The van der Waals surface area contributed by atoms with Gasteiger partial charge in [0.2, 0.25) is 10.0 Å². The first kappa shape index (κ1) is 20.2. The third-order valence-corrected chi connectivity index (χ3v) is 7.53. The van der Waals surface area contributed by atoms with Crippen LogP contribution in [0.25, 0.3) is 0 Å². The van der Waals surface area contributed by atoms with Crippen LogP contribution in [0, 0.1) is 0 Å². The van der Waals surface area contributed by atoms with Gasteiger partial charge in [0.15, 0.2) is 11.5 Å². The molecular formula is C20H24BrNO4S. The Bertz CT molecular complexity index is 878. The molecule has 1 aliphatic carbocycles. The number of ether oxygens (including phenoxy) is 2. The van der Waals surface area contributed by atoms with Gasteiger partial charge in [0.25, 0.3) is 0 Å². The molecule has 2 aromatic rings. The maximum Gasteiger partial charge on any atom is 0.242 e. The molecule has 0 spiro atoms. The molecule has 0 bridgehead atoms. The molecule has 2 aromatic carbocycles. The van der Waals surface area contributed by atoms with Crippen molar-refractivity contribution in [3.63, 3.8) is 0 Å². The summed E-state index contributed by atoms with van der Waals surface area (Å²) in [6.45, 7) is 0. The maximum absolute atomic E-state index is 12.9. The number of benzene rings is 2. The van der Waals surface area contributed by atoms with Gasteiger partial charge in [-0.25, -0.2) is 13.1 Å². The second-order valence-corrected chi connectivity index (χ2v) is 9.25. The van der Waals surface area contributed by atoms with E-state index in [-0.39, 0.29) is 10.9 Å². The van der Waals surface area contributed by atoms with Crippen LogP contribution in [0.5, 0.6) is 11.5 Å². The second-order valence-electron chi connectivity index (χ2n) is 6.72. The largest absolute Gasteiger partial charge is 0.493 e. The van der Waals surface area contributed by atoms with Gasteiger partial charge >= 0.3 is 0 Å². The Balaban J connectivity index is 1.71. The van der Waals surface area contributed by atoms with Crippen LogP contribution in [0.15, 0.2) is 51.8 Å². The highest BCUT2D eigenvalue weighted by Gasteiger charge is 2.28. The molecule has 1 N–H and O–H groups in total. The molecule has 0 saturated heterocycles. The fourth-order valence-electron chi connectivity index (χ4n) is 3.59. The number of halogens is 1. The Morgan fingerprint density at radius 1 is 0.963 bits per heavy atom. The van der Waals surface area contributed by atoms with Crippen LogP contribution < -0.4 is 14.2 Å². The number of hydrogen-bond acceptors (Lipinski definition) is 4. The van der Waals surface area contributed by atoms with E-state index in [0.717, 1.165) is 25.7 Å². The Hall–Kier alpha value is -1.57. The predicted octanol–water partition coefficient (Wildman–Crippen LogP) is 4.47. The molecule has 0 atom stereocenters. The van der Waals surface area contributed by atoms with Gasteiger partial charge in [-0.05, 0) is 59.2 Å². The van der Waals surface area contributed by atoms with E-state index in [1.165, 1.54) is 25.8 Å². The van der Waals surface area contributed by atoms with Crippen LogP contribution in [0.1, 0.15) is 37.2 Å². The van der Waals surface area contributed by atoms with Crippen molar-refractivity contribution in [2.45, 2.75) is 42.5 Å². The van der Waals surface area contributed by atoms with Crippen molar-refractivity contribution in [2.24, 2.45) is 0 Å². The maximum atomic E-state index is 12.9. The van der Waals surface area contributed by atoms with Gasteiger partial charge in [-0.2, -0.15) is 0 Å². The van der Waals surface area contributed by atoms with Crippen molar-refractivity contribution in [3.8, 4) is 11.5 Å². The normalized spacial score (nSPS) is 20.3. The van der Waals surface area contributed by atoms with Crippen LogP contribution in [0.4, 0.5) is 0 Å². The van der Waals surface area contributed by atoms with Crippen molar-refractivity contribution < 1.29 is 17.9 Å². The van der Waals surface area contributed by atoms with Gasteiger partial charge in [-0.1, -0.05) is 30.3 Å². The van der Waals surface area contributed by atoms with Crippen molar-refractivity contribution >= 4 is 26.0 Å². The van der Waals surface area contributed by atoms with E-state index in [1.54, 1.807) is 6.07 Å². The number of hydrogen-bond donors (Lipinski definition) is 1. The molecular weight excluding hydrogens is 430 g/mol. The third-order valence-electron chi connectivity index (χ3n) is 5.05. The van der Waals surface area contributed by atoms with E-state index in [4.69, 9.17) is 9.47 Å². The molecule has 1 saturated carbocycles. The van der Waals surface area contributed by atoms with Crippen LogP contribution >= 0.6 is 15.9 Å². The second kappa shape index (κ2) is 8.63. The van der Waals surface area contributed by atoms with E-state index in [0.29, 0.717) is 21.9 Å². The van der Waals surface area contributed by atoms with Crippen molar-refractivity contribution in [2.75, 3.05) is 14.2 Å². The highest BCUT2D eigenvalue weighted by Crippen LogP contribution is 2.37. The van der Waals surface area contributed by atoms with E-state index in [1.807, 2.05) is 6.07 Å². The molecule has 5 nitrogen and oxygen atoms in total. The Morgan fingerprint density at radius 3 is 2.15 bits per heavy atom. The summed E-state index contributed by atoms with van der Waals surface area (Å²) in [7, 11) is -0.660. The van der Waals surface area contributed by atoms with Gasteiger partial charge in [-0.15, -0.1) is 0 Å². The third kappa shape index (κ3) is 4.65. The minimum atomic E-state index is -3.66. The van der Waals surface area contributed by atoms with E-state index >= 15 is 0 Å². The average Bonchev–Trinajstić information content (AvgIpc) is 2.68. The lowest BCUT2D eigenvalue weighted by molar-refractivity contribution is 0.353. The predicted molar refractivity (Wildman–Crippen MR) is 109 cm³/mol. The first-order chi connectivity index (χ1) is 12.9. The van der Waals surface area contributed by atoms with Gasteiger partial charge in [0.05, 0.1) is 14.2 Å². The standard InChI is InChI=1S/C20H24BrNO4S/c1-25-18-12-17(21)20(13-19(18)26-2)27(23,24)22-16-10-8-15(9-11-16)14-6-4-3-5-7-14/h3-7,12-13,15-16,22H,8-11H2,1-2H3. The number of nitrogens with one attached hydrogen (secondary N) is 1. The quantitative estimate of drug-likeness (QED) is 0.700. The molecule has 146 valence electrons. The van der Waals surface area contributed by atoms with E-state index < -0.39 is 10.0 Å². The van der Waals surface area contributed by atoms with Gasteiger partial charge in [-0.3, -0.25) is 0 Å². The van der Waals surface area contributed by atoms with E-state index in [9.17, 15) is 8.42 Å². The van der Waals surface area contributed by atoms with Gasteiger partial charge in [0, 0.05) is 16.6 Å². The summed E-state index contributed by atoms with van der Waals surface area (Å²) in [5, 5.41) is 0. The lowest BCUT2D eigenvalue weighted by Gasteiger charge is -2.29. The lowest BCUT2D eigenvalue weighted by atomic mass is 9.82. The number of rotatable bonds is 6. The summed E-state index contributed by atoms with van der Waals surface area (Å²) in [6.07, 6.45) is 3.60. The molecule has 1 fully saturated rings. The molecule has 0 amide bonds. The van der Waals surface area contributed by atoms with Crippen molar-refractivity contribution in [1.82, 2.24) is 4.72 Å². The van der Waals surface area contributed by atoms with Crippen LogP contribution in [-0.2, 0) is 10.0 Å². The summed E-state index contributed by atoms with van der Waals surface area (Å²) in [5.74, 6) is 1.36. The minimum absolute atomic E-state index is 0.0602. The number of sulfonamides is 1. The Morgan fingerprint density at radius 2 is 1.56 bits per heavy atom. The molecule has 27 heavy (non-hydrogen) atoms. The molecule has 0 aromatic heterocycles. The zero-order valence-corrected chi connectivity index (χ0v) is 17.8. The molecule has 0 heterocycles. The summed E-state index contributed by atoms with van der Waals surface area (Å²) < 4.78 is 39.6. The fraction of sp³-hybridized carbons (Fsp3) is 0.400. The highest BCUT2D eigenvalue weighted by atomic mass is 79.9. The topological polar surface area (TPSA) is 64.6 Å². The Kier molecular flexibility index (Phi) is 6.44. The lowest BCUT2D eigenvalue weighted by Crippen LogP contribution is -2.37. The first-order valence-corrected chi connectivity index (χ1v) is 11.2. The smallest absolute Gasteiger partial charge is 0.242 e. The fourth-order valence-corrected chi connectivity index (χ4v) is 5.94. The summed E-state index contributed by atoms with van der Waals surface area (Å²) >= 11 is 3.34. The molecule has 0 unspecified atom stereocenters. The van der Waals surface area contributed by atoms with Crippen molar-refractivity contribution in [1.29, 1.82) is 0 Å². The Labute approximate surface area is 169 Å². The molecule has 0 aliphatic heterocycles. The summed E-state index contributed by atoms with van der Waals surface area (Å²) in [4.78, 5) is 0.158. The first-order valence-electron chi connectivity index (χ1n) is 8.93. The zero-order valence-electron chi connectivity index (χ0n) is 15.4. The number of methoxy groups -OCH3 is 2. The minimum Gasteiger partial charge on any atom is -0.493 e. The van der Waals surface area contributed by atoms with Crippen molar-refractivity contribution in [3.05, 3.63) is 52.5 Å². The monoisotopic (exact) mass is 453 g/mol. The van der Waals surface area contributed by atoms with Crippen LogP contribution in [-0.4, -0.2) is 28.7 Å². The zero-order chi connectivity index (χ0) is 19.4. The average molecular weight is 454 g/mol. The van der Waals surface area contributed by atoms with Gasteiger partial charge in [0.1, 0.15) is 4.90 Å².